The molecule has 0 heteroatoms. The van der Waals surface area contributed by atoms with Gasteiger partial charge in [0.25, 0.3) is 0 Å². The predicted octanol–water partition coefficient (Wildman–Crippen LogP) is 3.39. The molecule has 0 spiro atoms. The summed E-state index contributed by atoms with van der Waals surface area (Å²) in [6, 6.07) is 0. The van der Waals surface area contributed by atoms with Crippen molar-refractivity contribution in [3.8, 4) is 0 Å². The first kappa shape index (κ1) is 10.7. The van der Waals surface area contributed by atoms with E-state index in [9.17, 15) is 0 Å². The van der Waals surface area contributed by atoms with Gasteiger partial charge < -0.3 is 0 Å². The van der Waals surface area contributed by atoms with Gasteiger partial charge in [0.1, 0.15) is 0 Å². The summed E-state index contributed by atoms with van der Waals surface area (Å²) < 4.78 is 0. The fraction of sp³-hybridized carbons (Fsp3) is 0.750. The molecule has 0 radical (unpaired) electrons. The minimum atomic E-state index is 1.23. The lowest BCUT2D eigenvalue weighted by Crippen LogP contribution is -1.55. The minimum Gasteiger partial charge on any atom is -0.0917 e. The van der Waals surface area contributed by atoms with E-state index in [1.54, 1.807) is 0 Å². The smallest absolute Gasteiger partial charge is 0.0353 e. The van der Waals surface area contributed by atoms with Crippen LogP contribution in [0.1, 0.15) is 40.5 Å². The molecule has 0 nitrogen and oxygen atoms in total. The van der Waals surface area contributed by atoms with Crippen LogP contribution in [-0.4, -0.2) is 0 Å². The van der Waals surface area contributed by atoms with E-state index >= 15 is 0 Å². The third-order valence-corrected chi connectivity index (χ3v) is 0.691. The van der Waals surface area contributed by atoms with Gasteiger partial charge in [-0.1, -0.05) is 39.3 Å². The normalized spacial score (nSPS) is 8.50. The van der Waals surface area contributed by atoms with Crippen LogP contribution in [0.5, 0.6) is 0 Å². The SMILES string of the molecule is C/C=C\CCC.CC. The van der Waals surface area contributed by atoms with Gasteiger partial charge in [0, 0.05) is 0 Å². The van der Waals surface area contributed by atoms with E-state index in [-0.39, 0.29) is 0 Å². The summed E-state index contributed by atoms with van der Waals surface area (Å²) in [6.45, 7) is 8.23. The molecular weight excluding hydrogens is 96.1 g/mol. The maximum absolute atomic E-state index is 2.18. The average Bonchev–Trinajstić information content (AvgIpc) is 1.88. The monoisotopic (exact) mass is 114 g/mol. The van der Waals surface area contributed by atoms with Crippen LogP contribution in [0.3, 0.4) is 0 Å². The molecule has 0 unspecified atom stereocenters. The quantitative estimate of drug-likeness (QED) is 0.483. The second-order valence-corrected chi connectivity index (χ2v) is 1.36. The third kappa shape index (κ3) is 17.2. The molecule has 0 aliphatic rings. The zero-order valence-electron chi connectivity index (χ0n) is 6.57. The Hall–Kier alpha value is -0.260. The molecule has 0 saturated carbocycles. The molecule has 0 aliphatic carbocycles. The van der Waals surface area contributed by atoms with Crippen molar-refractivity contribution in [2.24, 2.45) is 0 Å². The summed E-state index contributed by atoms with van der Waals surface area (Å²) in [6.07, 6.45) is 6.77. The highest BCUT2D eigenvalue weighted by Crippen LogP contribution is 1.85. The molecule has 8 heavy (non-hydrogen) atoms. The van der Waals surface area contributed by atoms with E-state index in [2.05, 4.69) is 26.0 Å². The maximum atomic E-state index is 2.18. The number of hydrogen-bond donors (Lipinski definition) is 0. The largest absolute Gasteiger partial charge is 0.0917 e. The Morgan fingerprint density at radius 2 is 1.75 bits per heavy atom. The number of rotatable bonds is 2. The van der Waals surface area contributed by atoms with Gasteiger partial charge in [0.2, 0.25) is 0 Å². The van der Waals surface area contributed by atoms with Gasteiger partial charge in [0.05, 0.1) is 0 Å². The summed E-state index contributed by atoms with van der Waals surface area (Å²) in [5, 5.41) is 0. The first-order chi connectivity index (χ1) is 3.91. The summed E-state index contributed by atoms with van der Waals surface area (Å²) in [7, 11) is 0. The summed E-state index contributed by atoms with van der Waals surface area (Å²) in [5.41, 5.74) is 0. The van der Waals surface area contributed by atoms with E-state index in [0.717, 1.165) is 0 Å². The van der Waals surface area contributed by atoms with E-state index in [4.69, 9.17) is 0 Å². The van der Waals surface area contributed by atoms with Crippen LogP contribution < -0.4 is 0 Å². The Kier molecular flexibility index (Phi) is 21.2. The van der Waals surface area contributed by atoms with Gasteiger partial charge >= 0.3 is 0 Å². The Balaban J connectivity index is 0. The van der Waals surface area contributed by atoms with Crippen molar-refractivity contribution >= 4 is 0 Å². The third-order valence-electron chi connectivity index (χ3n) is 0.691. The van der Waals surface area contributed by atoms with E-state index in [1.807, 2.05) is 13.8 Å². The van der Waals surface area contributed by atoms with Crippen LogP contribution in [0.2, 0.25) is 0 Å². The highest BCUT2D eigenvalue weighted by atomic mass is 13.7. The molecule has 0 aromatic rings. The predicted molar refractivity (Wildman–Crippen MR) is 41.1 cm³/mol. The van der Waals surface area contributed by atoms with Gasteiger partial charge in [-0.25, -0.2) is 0 Å². The molecule has 0 N–H and O–H groups in total. The maximum Gasteiger partial charge on any atom is -0.0353 e. The Bertz CT molecular complexity index is 35.3. The van der Waals surface area contributed by atoms with Crippen LogP contribution in [0.4, 0.5) is 0 Å². The molecule has 0 bridgehead atoms. The lowest BCUT2D eigenvalue weighted by Gasteiger charge is -1.76. The minimum absolute atomic E-state index is 1.23. The molecule has 0 heterocycles. The van der Waals surface area contributed by atoms with Crippen LogP contribution in [0.25, 0.3) is 0 Å². The van der Waals surface area contributed by atoms with E-state index < -0.39 is 0 Å². The fourth-order valence-electron chi connectivity index (χ4n) is 0.333. The topological polar surface area (TPSA) is 0 Å². The van der Waals surface area contributed by atoms with Crippen molar-refractivity contribution in [2.45, 2.75) is 40.5 Å². The average molecular weight is 114 g/mol. The van der Waals surface area contributed by atoms with Gasteiger partial charge in [-0.05, 0) is 13.3 Å². The number of unbranched alkanes of at least 4 members (excludes halogenated alkanes) is 1. The number of allylic oxidation sites excluding steroid dienone is 2. The Morgan fingerprint density at radius 1 is 1.25 bits per heavy atom. The molecule has 0 saturated heterocycles. The Morgan fingerprint density at radius 3 is 1.88 bits per heavy atom. The second kappa shape index (κ2) is 15.9. The van der Waals surface area contributed by atoms with Gasteiger partial charge in [-0.2, -0.15) is 0 Å². The van der Waals surface area contributed by atoms with Crippen molar-refractivity contribution < 1.29 is 0 Å². The van der Waals surface area contributed by atoms with Crippen molar-refractivity contribution in [3.05, 3.63) is 12.2 Å². The van der Waals surface area contributed by atoms with Crippen molar-refractivity contribution in [2.75, 3.05) is 0 Å². The van der Waals surface area contributed by atoms with Gasteiger partial charge in [-0.15, -0.1) is 0 Å². The highest BCUT2D eigenvalue weighted by Gasteiger charge is 1.64. The summed E-state index contributed by atoms with van der Waals surface area (Å²) >= 11 is 0. The zero-order chi connectivity index (χ0) is 6.83. The summed E-state index contributed by atoms with van der Waals surface area (Å²) in [4.78, 5) is 0. The first-order valence-electron chi connectivity index (χ1n) is 3.53. The van der Waals surface area contributed by atoms with Crippen molar-refractivity contribution in [1.82, 2.24) is 0 Å². The number of hydrogen-bond acceptors (Lipinski definition) is 0. The molecule has 0 aromatic carbocycles. The molecule has 0 aliphatic heterocycles. The van der Waals surface area contributed by atoms with Crippen LogP contribution in [0, 0.1) is 0 Å². The van der Waals surface area contributed by atoms with Gasteiger partial charge in [-0.3, -0.25) is 0 Å². The first-order valence-corrected chi connectivity index (χ1v) is 3.53. The van der Waals surface area contributed by atoms with E-state index in [1.165, 1.54) is 12.8 Å². The van der Waals surface area contributed by atoms with Crippen LogP contribution in [0.15, 0.2) is 12.2 Å². The highest BCUT2D eigenvalue weighted by molar-refractivity contribution is 4.75. The lowest BCUT2D eigenvalue weighted by atomic mass is 10.3. The van der Waals surface area contributed by atoms with Crippen molar-refractivity contribution in [3.63, 3.8) is 0 Å². The molecule has 0 atom stereocenters. The molecule has 0 aromatic heterocycles. The molecule has 0 fully saturated rings. The molecule has 0 rings (SSSR count). The standard InChI is InChI=1S/C6H12.C2H6/c1-3-5-6-4-2;1-2/h3,5H,4,6H2,1-2H3;1-2H3/b5-3-;. The second-order valence-electron chi connectivity index (χ2n) is 1.36. The molecular formula is C8H18. The van der Waals surface area contributed by atoms with Crippen LogP contribution in [-0.2, 0) is 0 Å². The molecule has 0 amide bonds. The Labute approximate surface area is 53.6 Å². The zero-order valence-corrected chi connectivity index (χ0v) is 6.57. The fourth-order valence-corrected chi connectivity index (χ4v) is 0.333. The van der Waals surface area contributed by atoms with Crippen molar-refractivity contribution in [1.29, 1.82) is 0 Å². The molecule has 50 valence electrons. The van der Waals surface area contributed by atoms with Gasteiger partial charge in [0.15, 0.2) is 0 Å². The van der Waals surface area contributed by atoms with Crippen LogP contribution >= 0.6 is 0 Å². The lowest BCUT2D eigenvalue weighted by molar-refractivity contribution is 0.957. The summed E-state index contributed by atoms with van der Waals surface area (Å²) in [5.74, 6) is 0. The van der Waals surface area contributed by atoms with E-state index in [0.29, 0.717) is 0 Å².